The minimum Gasteiger partial charge on any atom is -0.298 e. The third kappa shape index (κ3) is 6.31. The summed E-state index contributed by atoms with van der Waals surface area (Å²) in [7, 11) is 0. The molecule has 0 N–H and O–H groups in total. The molecule has 0 bridgehead atoms. The molecule has 1 aliphatic heterocycles. The second kappa shape index (κ2) is 12.3. The molecule has 1 heterocycles. The highest BCUT2D eigenvalue weighted by molar-refractivity contribution is 4.81. The fourth-order valence-electron chi connectivity index (χ4n) is 4.62. The number of nitrogens with zero attached hydrogens (tertiary/aromatic N) is 3. The van der Waals surface area contributed by atoms with Crippen LogP contribution < -0.4 is 0 Å². The third-order valence-corrected chi connectivity index (χ3v) is 6.40. The molecule has 144 valence electrons. The first-order valence-corrected chi connectivity index (χ1v) is 10.9. The average molecular weight is 340 g/mol. The second-order valence-electron chi connectivity index (χ2n) is 7.52. The van der Waals surface area contributed by atoms with Crippen LogP contribution in [0.3, 0.4) is 0 Å². The van der Waals surface area contributed by atoms with Crippen LogP contribution in [0.2, 0.25) is 0 Å². The highest BCUT2D eigenvalue weighted by atomic mass is 15.3. The van der Waals surface area contributed by atoms with Crippen molar-refractivity contribution in [1.82, 2.24) is 14.7 Å². The van der Waals surface area contributed by atoms with Crippen LogP contribution in [0.4, 0.5) is 0 Å². The van der Waals surface area contributed by atoms with Gasteiger partial charge in [0.1, 0.15) is 0 Å². The van der Waals surface area contributed by atoms with E-state index in [-0.39, 0.29) is 0 Å². The van der Waals surface area contributed by atoms with Gasteiger partial charge in [-0.2, -0.15) is 0 Å². The van der Waals surface area contributed by atoms with E-state index in [4.69, 9.17) is 0 Å². The van der Waals surface area contributed by atoms with Crippen molar-refractivity contribution in [3.63, 3.8) is 0 Å². The molecule has 1 fully saturated rings. The summed E-state index contributed by atoms with van der Waals surface area (Å²) in [6.07, 6.45) is 7.71. The molecule has 3 heteroatoms. The molecule has 1 rings (SSSR count). The van der Waals surface area contributed by atoms with E-state index in [1.807, 2.05) is 0 Å². The van der Waals surface area contributed by atoms with Gasteiger partial charge in [-0.25, -0.2) is 0 Å². The number of rotatable bonds is 9. The summed E-state index contributed by atoms with van der Waals surface area (Å²) in [6.45, 7) is 21.7. The predicted octanol–water partition coefficient (Wildman–Crippen LogP) is 4.47. The van der Waals surface area contributed by atoms with Crippen LogP contribution in [-0.4, -0.2) is 72.1 Å². The molecule has 0 atom stereocenters. The summed E-state index contributed by atoms with van der Waals surface area (Å²) < 4.78 is 0. The van der Waals surface area contributed by atoms with Crippen molar-refractivity contribution < 1.29 is 0 Å². The van der Waals surface area contributed by atoms with Gasteiger partial charge in [0.25, 0.3) is 0 Å². The fraction of sp³-hybridized carbons (Fsp3) is 1.00. The Morgan fingerprint density at radius 1 is 0.417 bits per heavy atom. The Labute approximate surface area is 152 Å². The standard InChI is InChI=1S/C21H45N3/c1-7-19(8-2)22-13-15-23(20(9-3)10-4)17-18-24(16-14-22)21(11-5)12-6/h19-21H,7-18H2,1-6H3. The van der Waals surface area contributed by atoms with Crippen molar-refractivity contribution in [2.45, 2.75) is 98.2 Å². The minimum absolute atomic E-state index is 0.759. The van der Waals surface area contributed by atoms with Gasteiger partial charge < -0.3 is 0 Å². The lowest BCUT2D eigenvalue weighted by Gasteiger charge is -2.34. The Morgan fingerprint density at radius 3 is 0.708 bits per heavy atom. The monoisotopic (exact) mass is 339 g/mol. The van der Waals surface area contributed by atoms with Gasteiger partial charge in [0.15, 0.2) is 0 Å². The maximum atomic E-state index is 2.79. The first kappa shape index (κ1) is 21.9. The number of hydrogen-bond donors (Lipinski definition) is 0. The Kier molecular flexibility index (Phi) is 11.2. The first-order chi connectivity index (χ1) is 11.6. The van der Waals surface area contributed by atoms with E-state index in [1.165, 1.54) is 77.8 Å². The van der Waals surface area contributed by atoms with Crippen LogP contribution in [0.1, 0.15) is 80.1 Å². The zero-order valence-electron chi connectivity index (χ0n) is 17.6. The molecule has 0 aromatic rings. The van der Waals surface area contributed by atoms with Crippen molar-refractivity contribution in [2.75, 3.05) is 39.3 Å². The van der Waals surface area contributed by atoms with Crippen LogP contribution in [-0.2, 0) is 0 Å². The molecule has 1 saturated heterocycles. The summed E-state index contributed by atoms with van der Waals surface area (Å²) in [5.74, 6) is 0. The SMILES string of the molecule is CCC(CC)N1CCN(C(CC)CC)CCN(C(CC)CC)CC1. The molecule has 0 aromatic heterocycles. The molecule has 0 aliphatic carbocycles. The Hall–Kier alpha value is -0.120. The van der Waals surface area contributed by atoms with E-state index < -0.39 is 0 Å². The molecule has 24 heavy (non-hydrogen) atoms. The largest absolute Gasteiger partial charge is 0.298 e. The van der Waals surface area contributed by atoms with Crippen LogP contribution in [0.25, 0.3) is 0 Å². The van der Waals surface area contributed by atoms with Crippen molar-refractivity contribution >= 4 is 0 Å². The molecular weight excluding hydrogens is 294 g/mol. The lowest BCUT2D eigenvalue weighted by atomic mass is 10.1. The highest BCUT2D eigenvalue weighted by Gasteiger charge is 2.25. The van der Waals surface area contributed by atoms with Crippen LogP contribution in [0.15, 0.2) is 0 Å². The van der Waals surface area contributed by atoms with E-state index in [2.05, 4.69) is 56.2 Å². The third-order valence-electron chi connectivity index (χ3n) is 6.40. The molecular formula is C21H45N3. The van der Waals surface area contributed by atoms with Crippen molar-refractivity contribution in [3.05, 3.63) is 0 Å². The van der Waals surface area contributed by atoms with Gasteiger partial charge in [0, 0.05) is 57.4 Å². The van der Waals surface area contributed by atoms with Gasteiger partial charge in [-0.3, -0.25) is 14.7 Å². The van der Waals surface area contributed by atoms with Crippen molar-refractivity contribution in [2.24, 2.45) is 0 Å². The highest BCUT2D eigenvalue weighted by Crippen LogP contribution is 2.16. The van der Waals surface area contributed by atoms with Crippen LogP contribution in [0.5, 0.6) is 0 Å². The van der Waals surface area contributed by atoms with Gasteiger partial charge >= 0.3 is 0 Å². The number of hydrogen-bond acceptors (Lipinski definition) is 3. The summed E-state index contributed by atoms with van der Waals surface area (Å²) in [4.78, 5) is 8.36. The molecule has 3 nitrogen and oxygen atoms in total. The van der Waals surface area contributed by atoms with E-state index in [9.17, 15) is 0 Å². The van der Waals surface area contributed by atoms with Gasteiger partial charge in [-0.05, 0) is 38.5 Å². The van der Waals surface area contributed by atoms with E-state index in [1.54, 1.807) is 0 Å². The Morgan fingerprint density at radius 2 is 0.583 bits per heavy atom. The molecule has 0 radical (unpaired) electrons. The topological polar surface area (TPSA) is 9.72 Å². The molecule has 0 unspecified atom stereocenters. The zero-order chi connectivity index (χ0) is 17.9. The van der Waals surface area contributed by atoms with E-state index in [0.717, 1.165) is 18.1 Å². The first-order valence-electron chi connectivity index (χ1n) is 10.9. The average Bonchev–Trinajstić information content (AvgIpc) is 2.71. The molecule has 1 aliphatic rings. The second-order valence-corrected chi connectivity index (χ2v) is 7.52. The van der Waals surface area contributed by atoms with Crippen molar-refractivity contribution in [3.8, 4) is 0 Å². The Bertz CT molecular complexity index is 236. The van der Waals surface area contributed by atoms with Crippen LogP contribution in [0, 0.1) is 0 Å². The maximum Gasteiger partial charge on any atom is 0.0113 e. The smallest absolute Gasteiger partial charge is 0.0113 e. The summed E-state index contributed by atoms with van der Waals surface area (Å²) in [6, 6.07) is 2.28. The predicted molar refractivity (Wildman–Crippen MR) is 108 cm³/mol. The molecule has 0 saturated carbocycles. The quantitative estimate of drug-likeness (QED) is 0.613. The zero-order valence-corrected chi connectivity index (χ0v) is 17.6. The Balaban J connectivity index is 2.89. The van der Waals surface area contributed by atoms with E-state index >= 15 is 0 Å². The summed E-state index contributed by atoms with van der Waals surface area (Å²) in [5.41, 5.74) is 0. The van der Waals surface area contributed by atoms with Gasteiger partial charge in [-0.1, -0.05) is 41.5 Å². The normalized spacial score (nSPS) is 19.9. The fourth-order valence-corrected chi connectivity index (χ4v) is 4.62. The van der Waals surface area contributed by atoms with Crippen LogP contribution >= 0.6 is 0 Å². The molecule has 0 spiro atoms. The van der Waals surface area contributed by atoms with Crippen molar-refractivity contribution in [1.29, 1.82) is 0 Å². The lowest BCUT2D eigenvalue weighted by Crippen LogP contribution is -2.44. The molecule has 0 aromatic carbocycles. The maximum absolute atomic E-state index is 2.79. The molecule has 0 amide bonds. The van der Waals surface area contributed by atoms with E-state index in [0.29, 0.717) is 0 Å². The minimum atomic E-state index is 0.759. The van der Waals surface area contributed by atoms with Gasteiger partial charge in [0.05, 0.1) is 0 Å². The summed E-state index contributed by atoms with van der Waals surface area (Å²) >= 11 is 0. The van der Waals surface area contributed by atoms with Gasteiger partial charge in [-0.15, -0.1) is 0 Å². The summed E-state index contributed by atoms with van der Waals surface area (Å²) in [5, 5.41) is 0. The van der Waals surface area contributed by atoms with Gasteiger partial charge in [0.2, 0.25) is 0 Å². The lowest BCUT2D eigenvalue weighted by molar-refractivity contribution is 0.137.